The maximum atomic E-state index is 2.43. The van der Waals surface area contributed by atoms with E-state index in [9.17, 15) is 0 Å². The molecule has 0 amide bonds. The molecule has 0 heteroatoms. The van der Waals surface area contributed by atoms with Crippen LogP contribution in [0.3, 0.4) is 0 Å². The molecule has 20 heavy (non-hydrogen) atoms. The van der Waals surface area contributed by atoms with Crippen molar-refractivity contribution < 1.29 is 0 Å². The van der Waals surface area contributed by atoms with Crippen LogP contribution in [0, 0.1) is 23.7 Å². The van der Waals surface area contributed by atoms with Crippen LogP contribution < -0.4 is 0 Å². The first-order chi connectivity index (χ1) is 9.78. The second-order valence-corrected chi connectivity index (χ2v) is 7.44. The van der Waals surface area contributed by atoms with E-state index >= 15 is 0 Å². The second kappa shape index (κ2) is 8.70. The highest BCUT2D eigenvalue weighted by atomic mass is 14.3. The van der Waals surface area contributed by atoms with Crippen molar-refractivity contribution in [2.24, 2.45) is 23.7 Å². The Morgan fingerprint density at radius 3 is 1.90 bits per heavy atom. The maximum Gasteiger partial charge on any atom is -0.0319 e. The minimum atomic E-state index is 0.971. The summed E-state index contributed by atoms with van der Waals surface area (Å²) in [6, 6.07) is 0. The Morgan fingerprint density at radius 1 is 0.750 bits per heavy atom. The molecule has 0 atom stereocenters. The molecule has 0 aromatic rings. The van der Waals surface area contributed by atoms with Crippen LogP contribution in [0.5, 0.6) is 0 Å². The van der Waals surface area contributed by atoms with Crippen LogP contribution in [-0.2, 0) is 0 Å². The van der Waals surface area contributed by atoms with E-state index in [1.807, 2.05) is 0 Å². The van der Waals surface area contributed by atoms with Crippen molar-refractivity contribution >= 4 is 0 Å². The Labute approximate surface area is 126 Å². The summed E-state index contributed by atoms with van der Waals surface area (Å²) in [4.78, 5) is 0. The molecule has 2 fully saturated rings. The lowest BCUT2D eigenvalue weighted by atomic mass is 9.73. The summed E-state index contributed by atoms with van der Waals surface area (Å²) < 4.78 is 0. The van der Waals surface area contributed by atoms with Crippen LogP contribution in [0.1, 0.15) is 78.1 Å². The van der Waals surface area contributed by atoms with E-state index in [1.165, 1.54) is 57.8 Å². The SMILES string of the molecule is C/C=C/C=C/CC1CCC(CC2CCC(C)CC2)CC1. The van der Waals surface area contributed by atoms with Gasteiger partial charge in [0.05, 0.1) is 0 Å². The van der Waals surface area contributed by atoms with Crippen molar-refractivity contribution in [3.8, 4) is 0 Å². The zero-order valence-electron chi connectivity index (χ0n) is 13.7. The minimum absolute atomic E-state index is 0.971. The first-order valence-electron chi connectivity index (χ1n) is 9.05. The number of hydrogen-bond donors (Lipinski definition) is 0. The maximum absolute atomic E-state index is 2.43. The summed E-state index contributed by atoms with van der Waals surface area (Å²) in [5, 5.41) is 0. The molecular weight excluding hydrogens is 240 g/mol. The summed E-state index contributed by atoms with van der Waals surface area (Å²) in [7, 11) is 0. The molecule has 0 bridgehead atoms. The standard InChI is InChI=1S/C20H34/c1-3-4-5-6-7-18-12-14-20(15-13-18)16-19-10-8-17(2)9-11-19/h3-6,17-20H,7-16H2,1-2H3/b4-3+,6-5+. The van der Waals surface area contributed by atoms with Crippen LogP contribution >= 0.6 is 0 Å². The highest BCUT2D eigenvalue weighted by molar-refractivity contribution is 5.01. The first kappa shape index (κ1) is 15.9. The molecule has 2 rings (SSSR count). The highest BCUT2D eigenvalue weighted by Crippen LogP contribution is 2.38. The highest BCUT2D eigenvalue weighted by Gasteiger charge is 2.25. The van der Waals surface area contributed by atoms with Gasteiger partial charge in [-0.25, -0.2) is 0 Å². The smallest absolute Gasteiger partial charge is 0.0319 e. The predicted molar refractivity (Wildman–Crippen MR) is 89.8 cm³/mol. The van der Waals surface area contributed by atoms with Gasteiger partial charge < -0.3 is 0 Å². The summed E-state index contributed by atoms with van der Waals surface area (Å²) in [6.45, 7) is 4.52. The summed E-state index contributed by atoms with van der Waals surface area (Å²) in [6.07, 6.45) is 23.7. The fourth-order valence-electron chi connectivity index (χ4n) is 4.20. The molecule has 0 saturated heterocycles. The number of allylic oxidation sites excluding steroid dienone is 4. The lowest BCUT2D eigenvalue weighted by Crippen LogP contribution is -2.20. The largest absolute Gasteiger partial charge is 0.0877 e. The molecule has 2 saturated carbocycles. The van der Waals surface area contributed by atoms with Crippen molar-refractivity contribution in [1.29, 1.82) is 0 Å². The van der Waals surface area contributed by atoms with Crippen LogP contribution in [0.4, 0.5) is 0 Å². The van der Waals surface area contributed by atoms with Crippen LogP contribution in [-0.4, -0.2) is 0 Å². The Hall–Kier alpha value is -0.520. The van der Waals surface area contributed by atoms with E-state index in [-0.39, 0.29) is 0 Å². The average molecular weight is 274 g/mol. The lowest BCUT2D eigenvalue weighted by molar-refractivity contribution is 0.196. The van der Waals surface area contributed by atoms with Gasteiger partial charge in [0.15, 0.2) is 0 Å². The fraction of sp³-hybridized carbons (Fsp3) is 0.800. The predicted octanol–water partition coefficient (Wildman–Crippen LogP) is 6.53. The van der Waals surface area contributed by atoms with Gasteiger partial charge in [-0.1, -0.05) is 69.8 Å². The number of hydrogen-bond acceptors (Lipinski definition) is 0. The molecule has 0 unspecified atom stereocenters. The van der Waals surface area contributed by atoms with E-state index in [2.05, 4.69) is 38.2 Å². The van der Waals surface area contributed by atoms with Gasteiger partial charge in [-0.15, -0.1) is 0 Å². The van der Waals surface area contributed by atoms with E-state index in [4.69, 9.17) is 0 Å². The normalized spacial score (nSPS) is 35.9. The van der Waals surface area contributed by atoms with Crippen LogP contribution in [0.15, 0.2) is 24.3 Å². The van der Waals surface area contributed by atoms with Gasteiger partial charge in [0.1, 0.15) is 0 Å². The monoisotopic (exact) mass is 274 g/mol. The van der Waals surface area contributed by atoms with Crippen molar-refractivity contribution in [2.75, 3.05) is 0 Å². The Kier molecular flexibility index (Phi) is 6.90. The molecule has 0 nitrogen and oxygen atoms in total. The van der Waals surface area contributed by atoms with Gasteiger partial charge in [-0.05, 0) is 56.3 Å². The van der Waals surface area contributed by atoms with E-state index in [0.717, 1.165) is 23.7 Å². The quantitative estimate of drug-likeness (QED) is 0.500. The molecular formula is C20H34. The molecule has 0 aromatic carbocycles. The molecule has 2 aliphatic carbocycles. The molecule has 0 heterocycles. The van der Waals surface area contributed by atoms with Crippen molar-refractivity contribution in [2.45, 2.75) is 78.1 Å². The molecule has 2 aliphatic rings. The van der Waals surface area contributed by atoms with Gasteiger partial charge >= 0.3 is 0 Å². The Morgan fingerprint density at radius 2 is 1.30 bits per heavy atom. The lowest BCUT2D eigenvalue weighted by Gasteiger charge is -2.33. The second-order valence-electron chi connectivity index (χ2n) is 7.44. The van der Waals surface area contributed by atoms with E-state index in [0.29, 0.717) is 0 Å². The summed E-state index contributed by atoms with van der Waals surface area (Å²) in [5.41, 5.74) is 0. The van der Waals surface area contributed by atoms with Crippen LogP contribution in [0.25, 0.3) is 0 Å². The molecule has 0 aliphatic heterocycles. The van der Waals surface area contributed by atoms with Crippen molar-refractivity contribution in [1.82, 2.24) is 0 Å². The fourth-order valence-corrected chi connectivity index (χ4v) is 4.20. The Bertz CT molecular complexity index is 296. The van der Waals surface area contributed by atoms with E-state index < -0.39 is 0 Å². The van der Waals surface area contributed by atoms with Crippen molar-refractivity contribution in [3.63, 3.8) is 0 Å². The van der Waals surface area contributed by atoms with Gasteiger partial charge in [-0.2, -0.15) is 0 Å². The summed E-state index contributed by atoms with van der Waals surface area (Å²) >= 11 is 0. The average Bonchev–Trinajstić information content (AvgIpc) is 2.48. The van der Waals surface area contributed by atoms with Crippen molar-refractivity contribution in [3.05, 3.63) is 24.3 Å². The minimum Gasteiger partial charge on any atom is -0.0877 e. The molecule has 114 valence electrons. The van der Waals surface area contributed by atoms with Gasteiger partial charge in [-0.3, -0.25) is 0 Å². The molecule has 0 N–H and O–H groups in total. The van der Waals surface area contributed by atoms with Gasteiger partial charge in [0.2, 0.25) is 0 Å². The first-order valence-corrected chi connectivity index (χ1v) is 9.05. The van der Waals surface area contributed by atoms with Gasteiger partial charge in [0, 0.05) is 0 Å². The third-order valence-corrected chi connectivity index (χ3v) is 5.68. The third kappa shape index (κ3) is 5.46. The zero-order chi connectivity index (χ0) is 14.2. The third-order valence-electron chi connectivity index (χ3n) is 5.68. The molecule has 0 radical (unpaired) electrons. The molecule has 0 spiro atoms. The molecule has 0 aromatic heterocycles. The Balaban J connectivity index is 1.61. The summed E-state index contributed by atoms with van der Waals surface area (Å²) in [5.74, 6) is 4.11. The van der Waals surface area contributed by atoms with E-state index in [1.54, 1.807) is 6.42 Å². The van der Waals surface area contributed by atoms with Crippen LogP contribution in [0.2, 0.25) is 0 Å². The van der Waals surface area contributed by atoms with Gasteiger partial charge in [0.25, 0.3) is 0 Å². The number of rotatable bonds is 5. The zero-order valence-corrected chi connectivity index (χ0v) is 13.7. The topological polar surface area (TPSA) is 0 Å².